The Morgan fingerprint density at radius 1 is 1.05 bits per heavy atom. The van der Waals surface area contributed by atoms with E-state index >= 15 is 0 Å². The summed E-state index contributed by atoms with van der Waals surface area (Å²) in [4.78, 5) is 4.46. The zero-order valence-corrected chi connectivity index (χ0v) is 11.8. The number of hydrogen-bond donors (Lipinski definition) is 1. The van der Waals surface area contributed by atoms with Gasteiger partial charge >= 0.3 is 6.18 Å². The van der Waals surface area contributed by atoms with Gasteiger partial charge in [0, 0.05) is 5.69 Å². The maximum Gasteiger partial charge on any atom is 0.416 e. The van der Waals surface area contributed by atoms with Gasteiger partial charge in [-0.1, -0.05) is 23.5 Å². The second-order valence-corrected chi connectivity index (χ2v) is 5.67. The molecule has 1 aromatic heterocycles. The van der Waals surface area contributed by atoms with Gasteiger partial charge in [0.1, 0.15) is 0 Å². The quantitative estimate of drug-likeness (QED) is 0.688. The second-order valence-electron chi connectivity index (χ2n) is 4.64. The highest BCUT2D eigenvalue weighted by Crippen LogP contribution is 2.32. The van der Waals surface area contributed by atoms with Crippen molar-refractivity contribution in [3.05, 3.63) is 53.6 Å². The molecule has 0 aliphatic rings. The first-order chi connectivity index (χ1) is 9.93. The molecule has 0 unspecified atom stereocenters. The molecule has 108 valence electrons. The minimum absolute atomic E-state index is 0.583. The topological polar surface area (TPSA) is 24.9 Å². The van der Waals surface area contributed by atoms with Crippen molar-refractivity contribution in [1.82, 2.24) is 4.98 Å². The fraction of sp³-hybridized carbons (Fsp3) is 0.133. The van der Waals surface area contributed by atoms with E-state index in [-0.39, 0.29) is 0 Å². The van der Waals surface area contributed by atoms with Crippen LogP contribution in [0.2, 0.25) is 0 Å². The molecule has 6 heteroatoms. The summed E-state index contributed by atoms with van der Waals surface area (Å²) in [5.74, 6) is 0. The molecule has 0 aliphatic heterocycles. The third-order valence-electron chi connectivity index (χ3n) is 3.08. The molecular weight excluding hydrogens is 297 g/mol. The van der Waals surface area contributed by atoms with Gasteiger partial charge in [0.15, 0.2) is 5.13 Å². The SMILES string of the molecule is Cc1cccc2sc(Nc3ccc(C(F)(F)F)cc3)nc12. The van der Waals surface area contributed by atoms with E-state index in [1.807, 2.05) is 25.1 Å². The van der Waals surface area contributed by atoms with Crippen LogP contribution in [0.5, 0.6) is 0 Å². The lowest BCUT2D eigenvalue weighted by atomic mass is 10.2. The van der Waals surface area contributed by atoms with Gasteiger partial charge in [-0.05, 0) is 42.8 Å². The van der Waals surface area contributed by atoms with Crippen LogP contribution in [-0.4, -0.2) is 4.98 Å². The minimum Gasteiger partial charge on any atom is -0.332 e. The van der Waals surface area contributed by atoms with Crippen LogP contribution in [0.4, 0.5) is 24.0 Å². The zero-order chi connectivity index (χ0) is 15.0. The van der Waals surface area contributed by atoms with E-state index in [2.05, 4.69) is 10.3 Å². The fourth-order valence-electron chi connectivity index (χ4n) is 2.01. The normalized spacial score (nSPS) is 11.8. The van der Waals surface area contributed by atoms with Gasteiger partial charge in [-0.2, -0.15) is 13.2 Å². The average Bonchev–Trinajstić information content (AvgIpc) is 2.82. The number of fused-ring (bicyclic) bond motifs is 1. The Balaban J connectivity index is 1.87. The molecule has 1 heterocycles. The standard InChI is InChI=1S/C15H11F3N2S/c1-9-3-2-4-12-13(9)20-14(21-12)19-11-7-5-10(6-8-11)15(16,17)18/h2-8H,1H3,(H,19,20). The molecule has 0 fully saturated rings. The number of hydrogen-bond acceptors (Lipinski definition) is 3. The second kappa shape index (κ2) is 5.04. The number of rotatable bonds is 2. The van der Waals surface area contributed by atoms with Crippen molar-refractivity contribution in [2.75, 3.05) is 5.32 Å². The summed E-state index contributed by atoms with van der Waals surface area (Å²) in [5.41, 5.74) is 1.91. The predicted molar refractivity (Wildman–Crippen MR) is 79.1 cm³/mol. The van der Waals surface area contributed by atoms with E-state index in [0.717, 1.165) is 27.9 Å². The van der Waals surface area contributed by atoms with Crippen LogP contribution in [0.3, 0.4) is 0 Å². The Morgan fingerprint density at radius 3 is 2.38 bits per heavy atom. The first-order valence-electron chi connectivity index (χ1n) is 6.24. The fourth-order valence-corrected chi connectivity index (χ4v) is 2.97. The van der Waals surface area contributed by atoms with E-state index in [1.165, 1.54) is 23.5 Å². The molecule has 2 aromatic carbocycles. The molecule has 0 spiro atoms. The van der Waals surface area contributed by atoms with Crippen LogP contribution in [0.25, 0.3) is 10.2 Å². The summed E-state index contributed by atoms with van der Waals surface area (Å²) >= 11 is 1.47. The summed E-state index contributed by atoms with van der Waals surface area (Å²) in [5, 5.41) is 3.71. The average molecular weight is 308 g/mol. The molecule has 21 heavy (non-hydrogen) atoms. The van der Waals surface area contributed by atoms with Crippen molar-refractivity contribution >= 4 is 32.4 Å². The summed E-state index contributed by atoms with van der Waals surface area (Å²) in [6.07, 6.45) is -4.31. The molecule has 0 saturated heterocycles. The van der Waals surface area contributed by atoms with Crippen molar-refractivity contribution in [2.24, 2.45) is 0 Å². The van der Waals surface area contributed by atoms with Crippen LogP contribution in [0.1, 0.15) is 11.1 Å². The Kier molecular flexibility index (Phi) is 3.33. The van der Waals surface area contributed by atoms with Crippen molar-refractivity contribution in [3.63, 3.8) is 0 Å². The van der Waals surface area contributed by atoms with E-state index < -0.39 is 11.7 Å². The summed E-state index contributed by atoms with van der Waals surface area (Å²) in [6, 6.07) is 10.8. The van der Waals surface area contributed by atoms with Gasteiger partial charge in [-0.15, -0.1) is 0 Å². The number of anilines is 2. The number of aryl methyl sites for hydroxylation is 1. The number of nitrogens with one attached hydrogen (secondary N) is 1. The van der Waals surface area contributed by atoms with Gasteiger partial charge in [-0.3, -0.25) is 0 Å². The van der Waals surface area contributed by atoms with Gasteiger partial charge in [0.2, 0.25) is 0 Å². The van der Waals surface area contributed by atoms with Crippen molar-refractivity contribution < 1.29 is 13.2 Å². The van der Waals surface area contributed by atoms with Crippen LogP contribution in [0.15, 0.2) is 42.5 Å². The Bertz CT molecular complexity index is 776. The maximum atomic E-state index is 12.5. The third kappa shape index (κ3) is 2.85. The maximum absolute atomic E-state index is 12.5. The summed E-state index contributed by atoms with van der Waals surface area (Å²) in [7, 11) is 0. The Morgan fingerprint density at radius 2 is 1.76 bits per heavy atom. The number of benzene rings is 2. The van der Waals surface area contributed by atoms with Crippen LogP contribution < -0.4 is 5.32 Å². The van der Waals surface area contributed by atoms with Crippen molar-refractivity contribution in [2.45, 2.75) is 13.1 Å². The minimum atomic E-state index is -4.31. The molecule has 3 aromatic rings. The monoisotopic (exact) mass is 308 g/mol. The first-order valence-corrected chi connectivity index (χ1v) is 7.05. The molecule has 2 nitrogen and oxygen atoms in total. The lowest BCUT2D eigenvalue weighted by Gasteiger charge is -2.07. The molecule has 0 saturated carbocycles. The van der Waals surface area contributed by atoms with E-state index in [0.29, 0.717) is 10.8 Å². The van der Waals surface area contributed by atoms with Gasteiger partial charge in [-0.25, -0.2) is 4.98 Å². The van der Waals surface area contributed by atoms with Gasteiger partial charge in [0.05, 0.1) is 15.8 Å². The number of aromatic nitrogens is 1. The number of alkyl halides is 3. The number of para-hydroxylation sites is 1. The molecule has 0 atom stereocenters. The molecule has 0 amide bonds. The van der Waals surface area contributed by atoms with Crippen molar-refractivity contribution in [3.8, 4) is 0 Å². The lowest BCUT2D eigenvalue weighted by Crippen LogP contribution is -2.04. The van der Waals surface area contributed by atoms with Gasteiger partial charge < -0.3 is 5.32 Å². The Labute approximate surface area is 123 Å². The largest absolute Gasteiger partial charge is 0.416 e. The van der Waals surface area contributed by atoms with Crippen molar-refractivity contribution in [1.29, 1.82) is 0 Å². The van der Waals surface area contributed by atoms with E-state index in [4.69, 9.17) is 0 Å². The Hall–Kier alpha value is -2.08. The summed E-state index contributed by atoms with van der Waals surface area (Å²) < 4.78 is 38.5. The highest BCUT2D eigenvalue weighted by Gasteiger charge is 2.29. The van der Waals surface area contributed by atoms with Crippen LogP contribution in [-0.2, 0) is 6.18 Å². The number of nitrogens with zero attached hydrogens (tertiary/aromatic N) is 1. The molecule has 0 bridgehead atoms. The van der Waals surface area contributed by atoms with Crippen LogP contribution >= 0.6 is 11.3 Å². The highest BCUT2D eigenvalue weighted by atomic mass is 32.1. The molecule has 3 rings (SSSR count). The first kappa shape index (κ1) is 13.9. The molecule has 0 aliphatic carbocycles. The molecular formula is C15H11F3N2S. The lowest BCUT2D eigenvalue weighted by molar-refractivity contribution is -0.137. The van der Waals surface area contributed by atoms with Crippen LogP contribution in [0, 0.1) is 6.92 Å². The summed E-state index contributed by atoms with van der Waals surface area (Å²) in [6.45, 7) is 1.98. The van der Waals surface area contributed by atoms with E-state index in [9.17, 15) is 13.2 Å². The number of halogens is 3. The van der Waals surface area contributed by atoms with Gasteiger partial charge in [0.25, 0.3) is 0 Å². The highest BCUT2D eigenvalue weighted by molar-refractivity contribution is 7.22. The molecule has 0 radical (unpaired) electrons. The number of thiazole rings is 1. The zero-order valence-electron chi connectivity index (χ0n) is 11.0. The smallest absolute Gasteiger partial charge is 0.332 e. The third-order valence-corrected chi connectivity index (χ3v) is 4.02. The predicted octanol–water partition coefficient (Wildman–Crippen LogP) is 5.37. The molecule has 1 N–H and O–H groups in total. The van der Waals surface area contributed by atoms with E-state index in [1.54, 1.807) is 0 Å².